The Kier molecular flexibility index (Phi) is 6.20. The fourth-order valence-electron chi connectivity index (χ4n) is 1.91. The molecule has 3 N–H and O–H groups in total. The maximum atomic E-state index is 12.8. The highest BCUT2D eigenvalue weighted by Crippen LogP contribution is 2.31. The smallest absolute Gasteiger partial charge is 0.351 e. The van der Waals surface area contributed by atoms with Crippen molar-refractivity contribution >= 4 is 5.91 Å². The van der Waals surface area contributed by atoms with E-state index >= 15 is 0 Å². The summed E-state index contributed by atoms with van der Waals surface area (Å²) >= 11 is 0. The normalized spacial score (nSPS) is 13.3. The maximum absolute atomic E-state index is 12.8. The molecule has 3 nitrogen and oxygen atoms in total. The predicted molar refractivity (Wildman–Crippen MR) is 75.3 cm³/mol. The molecular weight excluding hydrogens is 281 g/mol. The van der Waals surface area contributed by atoms with Crippen LogP contribution >= 0.6 is 0 Å². The number of rotatable bonds is 6. The van der Waals surface area contributed by atoms with Gasteiger partial charge in [0, 0.05) is 6.54 Å². The summed E-state index contributed by atoms with van der Waals surface area (Å²) in [4.78, 5) is 11.8. The molecule has 0 radical (unpaired) electrons. The van der Waals surface area contributed by atoms with Crippen LogP contribution in [-0.4, -0.2) is 11.9 Å². The molecular formula is C15H21F3N2O. The first kappa shape index (κ1) is 17.5. The molecule has 0 spiro atoms. The fourth-order valence-corrected chi connectivity index (χ4v) is 1.91. The Hall–Kier alpha value is -1.56. The number of halogens is 3. The van der Waals surface area contributed by atoms with E-state index in [1.54, 1.807) is 0 Å². The van der Waals surface area contributed by atoms with Crippen LogP contribution in [0.3, 0.4) is 0 Å². The number of benzene rings is 1. The Bertz CT molecular complexity index is 472. The topological polar surface area (TPSA) is 55.1 Å². The molecule has 0 aromatic heterocycles. The second-order valence-electron chi connectivity index (χ2n) is 5.45. The summed E-state index contributed by atoms with van der Waals surface area (Å²) in [6, 6.07) is 4.49. The summed E-state index contributed by atoms with van der Waals surface area (Å²) in [6.45, 7) is 3.86. The predicted octanol–water partition coefficient (Wildman–Crippen LogP) is 3.09. The van der Waals surface area contributed by atoms with Crippen LogP contribution in [-0.2, 0) is 17.5 Å². The van der Waals surface area contributed by atoms with Gasteiger partial charge in [0.15, 0.2) is 0 Å². The van der Waals surface area contributed by atoms with Crippen LogP contribution in [0.1, 0.15) is 37.8 Å². The number of nitrogens with one attached hydrogen (secondary N) is 1. The molecule has 1 unspecified atom stereocenters. The van der Waals surface area contributed by atoms with Gasteiger partial charge in [-0.3, -0.25) is 4.79 Å². The number of amides is 1. The van der Waals surface area contributed by atoms with Crippen molar-refractivity contribution in [2.45, 2.75) is 45.5 Å². The van der Waals surface area contributed by atoms with Crippen molar-refractivity contribution in [2.75, 3.05) is 0 Å². The quantitative estimate of drug-likeness (QED) is 0.848. The van der Waals surface area contributed by atoms with E-state index in [1.807, 2.05) is 13.8 Å². The monoisotopic (exact) mass is 302 g/mol. The molecule has 1 rings (SSSR count). The lowest BCUT2D eigenvalue weighted by Crippen LogP contribution is -2.40. The van der Waals surface area contributed by atoms with E-state index in [0.29, 0.717) is 12.3 Å². The van der Waals surface area contributed by atoms with Gasteiger partial charge in [0.25, 0.3) is 0 Å². The molecule has 0 bridgehead atoms. The summed E-state index contributed by atoms with van der Waals surface area (Å²) in [5, 5.41) is 2.47. The first-order valence-corrected chi connectivity index (χ1v) is 6.90. The molecule has 0 aliphatic carbocycles. The zero-order valence-electron chi connectivity index (χ0n) is 12.2. The van der Waals surface area contributed by atoms with Gasteiger partial charge in [-0.15, -0.1) is 0 Å². The largest absolute Gasteiger partial charge is 0.416 e. The minimum Gasteiger partial charge on any atom is -0.351 e. The maximum Gasteiger partial charge on any atom is 0.416 e. The standard InChI is InChI=1S/C15H21F3N2O/c1-10(2)7-8-13(19)14(21)20-9-11-5-3-4-6-12(11)15(16,17)18/h3-6,10,13H,7-9,19H2,1-2H3,(H,20,21). The van der Waals surface area contributed by atoms with Gasteiger partial charge in [0.1, 0.15) is 0 Å². The van der Waals surface area contributed by atoms with Crippen LogP contribution in [0.5, 0.6) is 0 Å². The number of hydrogen-bond acceptors (Lipinski definition) is 2. The van der Waals surface area contributed by atoms with E-state index in [0.717, 1.165) is 12.5 Å². The van der Waals surface area contributed by atoms with Crippen LogP contribution in [0.25, 0.3) is 0 Å². The summed E-state index contributed by atoms with van der Waals surface area (Å²) in [7, 11) is 0. The van der Waals surface area contributed by atoms with Crippen molar-refractivity contribution in [2.24, 2.45) is 11.7 Å². The van der Waals surface area contributed by atoms with Crippen LogP contribution in [0.2, 0.25) is 0 Å². The average molecular weight is 302 g/mol. The Labute approximate surface area is 122 Å². The van der Waals surface area contributed by atoms with Gasteiger partial charge < -0.3 is 11.1 Å². The van der Waals surface area contributed by atoms with E-state index in [2.05, 4.69) is 5.32 Å². The molecule has 0 fully saturated rings. The molecule has 1 atom stereocenters. The van der Waals surface area contributed by atoms with E-state index in [-0.39, 0.29) is 12.1 Å². The van der Waals surface area contributed by atoms with Crippen LogP contribution in [0.4, 0.5) is 13.2 Å². The lowest BCUT2D eigenvalue weighted by Gasteiger charge is -2.16. The minimum absolute atomic E-state index is 0.0365. The summed E-state index contributed by atoms with van der Waals surface area (Å²) in [6.07, 6.45) is -3.11. The van der Waals surface area contributed by atoms with E-state index in [4.69, 9.17) is 5.73 Å². The van der Waals surface area contributed by atoms with Gasteiger partial charge in [-0.2, -0.15) is 13.2 Å². The van der Waals surface area contributed by atoms with E-state index in [1.165, 1.54) is 18.2 Å². The highest BCUT2D eigenvalue weighted by atomic mass is 19.4. The number of carbonyl (C=O) groups excluding carboxylic acids is 1. The number of nitrogens with two attached hydrogens (primary N) is 1. The number of carbonyl (C=O) groups is 1. The zero-order chi connectivity index (χ0) is 16.0. The van der Waals surface area contributed by atoms with E-state index in [9.17, 15) is 18.0 Å². The number of hydrogen-bond donors (Lipinski definition) is 2. The van der Waals surface area contributed by atoms with Crippen molar-refractivity contribution in [3.05, 3.63) is 35.4 Å². The second-order valence-corrected chi connectivity index (χ2v) is 5.45. The third kappa shape index (κ3) is 5.75. The third-order valence-corrected chi connectivity index (χ3v) is 3.17. The number of alkyl halides is 3. The Morgan fingerprint density at radius 2 is 1.86 bits per heavy atom. The van der Waals surface area contributed by atoms with Gasteiger partial charge in [-0.05, 0) is 30.4 Å². The Morgan fingerprint density at radius 1 is 1.24 bits per heavy atom. The lowest BCUT2D eigenvalue weighted by atomic mass is 10.0. The summed E-state index contributed by atoms with van der Waals surface area (Å²) in [5.74, 6) is 0.00225. The van der Waals surface area contributed by atoms with Gasteiger partial charge in [0.2, 0.25) is 5.91 Å². The van der Waals surface area contributed by atoms with E-state index < -0.39 is 23.7 Å². The molecule has 0 aliphatic rings. The third-order valence-electron chi connectivity index (χ3n) is 3.17. The fraction of sp³-hybridized carbons (Fsp3) is 0.533. The molecule has 1 aromatic carbocycles. The molecule has 0 aliphatic heterocycles. The molecule has 6 heteroatoms. The second kappa shape index (κ2) is 7.45. The first-order chi connectivity index (χ1) is 9.71. The first-order valence-electron chi connectivity index (χ1n) is 6.90. The van der Waals surface area contributed by atoms with Gasteiger partial charge in [0.05, 0.1) is 11.6 Å². The summed E-state index contributed by atoms with van der Waals surface area (Å²) in [5.41, 5.74) is 5.02. The molecule has 0 saturated heterocycles. The van der Waals surface area contributed by atoms with Crippen LogP contribution in [0, 0.1) is 5.92 Å². The molecule has 21 heavy (non-hydrogen) atoms. The highest BCUT2D eigenvalue weighted by Gasteiger charge is 2.32. The lowest BCUT2D eigenvalue weighted by molar-refractivity contribution is -0.138. The Morgan fingerprint density at radius 3 is 2.43 bits per heavy atom. The SMILES string of the molecule is CC(C)CCC(N)C(=O)NCc1ccccc1C(F)(F)F. The molecule has 1 amide bonds. The Balaban J connectivity index is 2.61. The van der Waals surface area contributed by atoms with Gasteiger partial charge in [-0.1, -0.05) is 32.0 Å². The molecule has 0 heterocycles. The van der Waals surface area contributed by atoms with Crippen molar-refractivity contribution < 1.29 is 18.0 Å². The van der Waals surface area contributed by atoms with Crippen molar-refractivity contribution in [3.8, 4) is 0 Å². The van der Waals surface area contributed by atoms with Crippen LogP contribution < -0.4 is 11.1 Å². The van der Waals surface area contributed by atoms with Gasteiger partial charge >= 0.3 is 6.18 Å². The van der Waals surface area contributed by atoms with Crippen molar-refractivity contribution in [1.29, 1.82) is 0 Å². The summed E-state index contributed by atoms with van der Waals surface area (Å²) < 4.78 is 38.4. The molecule has 0 saturated carbocycles. The van der Waals surface area contributed by atoms with Crippen molar-refractivity contribution in [3.63, 3.8) is 0 Å². The highest BCUT2D eigenvalue weighted by molar-refractivity contribution is 5.81. The van der Waals surface area contributed by atoms with Gasteiger partial charge in [-0.25, -0.2) is 0 Å². The molecule has 118 valence electrons. The van der Waals surface area contributed by atoms with Crippen LogP contribution in [0.15, 0.2) is 24.3 Å². The minimum atomic E-state index is -4.43. The molecule has 1 aromatic rings. The zero-order valence-corrected chi connectivity index (χ0v) is 12.2. The average Bonchev–Trinajstić information content (AvgIpc) is 2.41. The van der Waals surface area contributed by atoms with Crippen molar-refractivity contribution in [1.82, 2.24) is 5.32 Å².